The lowest BCUT2D eigenvalue weighted by Gasteiger charge is -2.47. The first kappa shape index (κ1) is 24.7. The van der Waals surface area contributed by atoms with E-state index in [1.54, 1.807) is 7.11 Å². The van der Waals surface area contributed by atoms with Crippen LogP contribution in [0.1, 0.15) is 55.2 Å². The normalized spacial score (nSPS) is 24.9. The highest BCUT2D eigenvalue weighted by atomic mass is 35.5. The summed E-state index contributed by atoms with van der Waals surface area (Å²) >= 11 is 6.18. The van der Waals surface area contributed by atoms with Crippen molar-refractivity contribution < 1.29 is 14.6 Å². The predicted molar refractivity (Wildman–Crippen MR) is 145 cm³/mol. The number of anilines is 1. The van der Waals surface area contributed by atoms with Crippen molar-refractivity contribution in [3.05, 3.63) is 94.5 Å². The molecule has 5 rings (SSSR count). The average Bonchev–Trinajstić information content (AvgIpc) is 3.19. The number of hydrogen-bond donors (Lipinski definition) is 2. The van der Waals surface area contributed by atoms with Crippen LogP contribution < -0.4 is 10.1 Å². The van der Waals surface area contributed by atoms with E-state index < -0.39 is 11.5 Å². The van der Waals surface area contributed by atoms with Crippen molar-refractivity contribution in [1.29, 1.82) is 0 Å². The minimum absolute atomic E-state index is 0.0471. The van der Waals surface area contributed by atoms with E-state index in [1.165, 1.54) is 16.7 Å². The Hall–Kier alpha value is -2.98. The van der Waals surface area contributed by atoms with Gasteiger partial charge in [-0.05, 0) is 110 Å². The molecule has 3 aromatic rings. The first-order valence-corrected chi connectivity index (χ1v) is 13.3. The van der Waals surface area contributed by atoms with Gasteiger partial charge >= 0.3 is 5.97 Å². The second-order valence-electron chi connectivity index (χ2n) is 10.5. The summed E-state index contributed by atoms with van der Waals surface area (Å²) in [5.74, 6) is 0.644. The van der Waals surface area contributed by atoms with Gasteiger partial charge in [0.15, 0.2) is 0 Å². The molecule has 0 aromatic heterocycles. The summed E-state index contributed by atoms with van der Waals surface area (Å²) in [5.41, 5.74) is 4.06. The zero-order chi connectivity index (χ0) is 25.2. The fourth-order valence-electron chi connectivity index (χ4n) is 6.62. The fraction of sp³-hybridized carbons (Fsp3) is 0.387. The topological polar surface area (TPSA) is 58.6 Å². The monoisotopic (exact) mass is 503 g/mol. The molecule has 3 aromatic carbocycles. The number of aliphatic carboxylic acids is 1. The fourth-order valence-corrected chi connectivity index (χ4v) is 6.81. The Kier molecular flexibility index (Phi) is 6.98. The number of aryl methyl sites for hydroxylation is 1. The van der Waals surface area contributed by atoms with E-state index in [0.717, 1.165) is 50.0 Å². The number of nitrogens with one attached hydrogen (secondary N) is 1. The number of carboxylic acid groups (broad SMARTS) is 1. The van der Waals surface area contributed by atoms with Crippen LogP contribution in [0, 0.1) is 5.92 Å². The van der Waals surface area contributed by atoms with E-state index in [4.69, 9.17) is 16.3 Å². The maximum atomic E-state index is 12.6. The Morgan fingerprint density at radius 3 is 2.47 bits per heavy atom. The summed E-state index contributed by atoms with van der Waals surface area (Å²) in [5, 5.41) is 14.3. The zero-order valence-corrected chi connectivity index (χ0v) is 21.6. The van der Waals surface area contributed by atoms with Gasteiger partial charge in [-0.2, -0.15) is 0 Å². The van der Waals surface area contributed by atoms with Gasteiger partial charge in [0.2, 0.25) is 0 Å². The van der Waals surface area contributed by atoms with E-state index in [2.05, 4.69) is 41.7 Å². The molecular formula is C31H34ClNO3. The molecule has 1 atom stereocenters. The second-order valence-corrected chi connectivity index (χ2v) is 10.9. The minimum atomic E-state index is -0.971. The summed E-state index contributed by atoms with van der Waals surface area (Å²) in [4.78, 5) is 12.6. The average molecular weight is 504 g/mol. The zero-order valence-electron chi connectivity index (χ0n) is 20.8. The summed E-state index contributed by atoms with van der Waals surface area (Å²) in [6, 6.07) is 24.6. The van der Waals surface area contributed by atoms with Gasteiger partial charge in [0.25, 0.3) is 0 Å². The molecule has 0 amide bonds. The number of hydrogen-bond acceptors (Lipinski definition) is 3. The molecule has 2 N–H and O–H groups in total. The van der Waals surface area contributed by atoms with Crippen LogP contribution >= 0.6 is 11.6 Å². The van der Waals surface area contributed by atoms with Gasteiger partial charge in [-0.25, -0.2) is 4.79 Å². The van der Waals surface area contributed by atoms with Crippen LogP contribution in [0.2, 0.25) is 5.02 Å². The Bertz CT molecular complexity index is 1210. The number of benzene rings is 3. The third-order valence-corrected chi connectivity index (χ3v) is 8.83. The molecule has 1 saturated carbocycles. The standard InChI is InChI=1S/C31H34ClNO3/c1-36-27-14-12-22(13-15-27)6-4-8-24-20-23-7-2-3-11-28(23)30(24)16-18-31(19-17-30,29(34)35)33-26-10-5-9-25(32)21-26/h2-3,5,7,9-15,21,24,33H,4,6,8,16-20H2,1H3,(H,34,35). The molecule has 4 nitrogen and oxygen atoms in total. The van der Waals surface area contributed by atoms with Gasteiger partial charge in [0, 0.05) is 10.7 Å². The lowest BCUT2D eigenvalue weighted by atomic mass is 9.60. The highest BCUT2D eigenvalue weighted by Crippen LogP contribution is 2.55. The van der Waals surface area contributed by atoms with E-state index in [-0.39, 0.29) is 5.41 Å². The van der Waals surface area contributed by atoms with Crippen LogP contribution in [0.4, 0.5) is 5.69 Å². The van der Waals surface area contributed by atoms with Crippen LogP contribution in [0.25, 0.3) is 0 Å². The molecule has 188 valence electrons. The van der Waals surface area contributed by atoms with Crippen molar-refractivity contribution in [3.8, 4) is 5.75 Å². The van der Waals surface area contributed by atoms with Gasteiger partial charge in [-0.15, -0.1) is 0 Å². The summed E-state index contributed by atoms with van der Waals surface area (Å²) < 4.78 is 5.29. The molecule has 2 aliphatic carbocycles. The van der Waals surface area contributed by atoms with Crippen molar-refractivity contribution in [2.45, 2.75) is 62.3 Å². The Morgan fingerprint density at radius 1 is 1.03 bits per heavy atom. The molecule has 36 heavy (non-hydrogen) atoms. The molecule has 2 aliphatic rings. The number of carboxylic acids is 1. The lowest BCUT2D eigenvalue weighted by Crippen LogP contribution is -2.53. The third kappa shape index (κ3) is 4.71. The number of ether oxygens (including phenoxy) is 1. The third-order valence-electron chi connectivity index (χ3n) is 8.59. The molecule has 0 saturated heterocycles. The van der Waals surface area contributed by atoms with Crippen molar-refractivity contribution in [2.24, 2.45) is 5.92 Å². The second kappa shape index (κ2) is 10.2. The molecule has 0 heterocycles. The Labute approximate surface area is 218 Å². The minimum Gasteiger partial charge on any atom is -0.497 e. The van der Waals surface area contributed by atoms with E-state index >= 15 is 0 Å². The number of fused-ring (bicyclic) bond motifs is 2. The van der Waals surface area contributed by atoms with Gasteiger partial charge in [-0.3, -0.25) is 0 Å². The highest BCUT2D eigenvalue weighted by molar-refractivity contribution is 6.30. The van der Waals surface area contributed by atoms with Gasteiger partial charge < -0.3 is 15.2 Å². The van der Waals surface area contributed by atoms with Crippen LogP contribution in [0.5, 0.6) is 5.75 Å². The smallest absolute Gasteiger partial charge is 0.329 e. The van der Waals surface area contributed by atoms with Gasteiger partial charge in [0.05, 0.1) is 7.11 Å². The summed E-state index contributed by atoms with van der Waals surface area (Å²) in [7, 11) is 1.69. The predicted octanol–water partition coefficient (Wildman–Crippen LogP) is 7.29. The Morgan fingerprint density at radius 2 is 1.78 bits per heavy atom. The molecule has 1 unspecified atom stereocenters. The molecule has 0 radical (unpaired) electrons. The maximum Gasteiger partial charge on any atom is 0.329 e. The lowest BCUT2D eigenvalue weighted by molar-refractivity contribution is -0.144. The summed E-state index contributed by atoms with van der Waals surface area (Å²) in [6.45, 7) is 0. The van der Waals surface area contributed by atoms with Crippen molar-refractivity contribution in [1.82, 2.24) is 0 Å². The number of methoxy groups -OCH3 is 1. The van der Waals surface area contributed by atoms with E-state index in [1.807, 2.05) is 36.4 Å². The number of carbonyl (C=O) groups is 1. The van der Waals surface area contributed by atoms with E-state index in [9.17, 15) is 9.90 Å². The molecule has 1 spiro atoms. The molecule has 5 heteroatoms. The first-order chi connectivity index (χ1) is 17.4. The van der Waals surface area contributed by atoms with Crippen LogP contribution in [0.3, 0.4) is 0 Å². The van der Waals surface area contributed by atoms with Gasteiger partial charge in [0.1, 0.15) is 11.3 Å². The molecule has 0 bridgehead atoms. The maximum absolute atomic E-state index is 12.6. The summed E-state index contributed by atoms with van der Waals surface area (Å²) in [6.07, 6.45) is 7.33. The highest BCUT2D eigenvalue weighted by Gasteiger charge is 2.53. The van der Waals surface area contributed by atoms with Gasteiger partial charge in [-0.1, -0.05) is 54.1 Å². The van der Waals surface area contributed by atoms with Crippen molar-refractivity contribution in [2.75, 3.05) is 12.4 Å². The number of halogens is 1. The Balaban J connectivity index is 1.33. The molecule has 0 aliphatic heterocycles. The molecular weight excluding hydrogens is 470 g/mol. The van der Waals surface area contributed by atoms with Crippen LogP contribution in [-0.2, 0) is 23.1 Å². The van der Waals surface area contributed by atoms with Crippen molar-refractivity contribution >= 4 is 23.3 Å². The van der Waals surface area contributed by atoms with E-state index in [0.29, 0.717) is 23.8 Å². The van der Waals surface area contributed by atoms with Crippen LogP contribution in [0.15, 0.2) is 72.8 Å². The quantitative estimate of drug-likeness (QED) is 0.339. The SMILES string of the molecule is COc1ccc(CCCC2Cc3ccccc3C23CCC(Nc2cccc(Cl)c2)(C(=O)O)CC3)cc1. The number of rotatable bonds is 8. The molecule has 1 fully saturated rings. The van der Waals surface area contributed by atoms with Crippen molar-refractivity contribution in [3.63, 3.8) is 0 Å². The van der Waals surface area contributed by atoms with Crippen LogP contribution in [-0.4, -0.2) is 23.7 Å². The largest absolute Gasteiger partial charge is 0.497 e. The first-order valence-electron chi connectivity index (χ1n) is 12.9.